The number of carbonyl (C=O) groups excluding carboxylic acids is 1. The van der Waals surface area contributed by atoms with Gasteiger partial charge in [-0.2, -0.15) is 5.26 Å². The molecule has 0 radical (unpaired) electrons. The molecule has 1 heterocycles. The van der Waals surface area contributed by atoms with Gasteiger partial charge in [-0.15, -0.1) is 11.8 Å². The summed E-state index contributed by atoms with van der Waals surface area (Å²) in [6.07, 6.45) is 4.36. The van der Waals surface area contributed by atoms with Crippen molar-refractivity contribution in [2.45, 2.75) is 36.6 Å². The van der Waals surface area contributed by atoms with Crippen LogP contribution in [0.2, 0.25) is 0 Å². The molecule has 1 saturated heterocycles. The third-order valence-electron chi connectivity index (χ3n) is 4.92. The number of nitriles is 1. The van der Waals surface area contributed by atoms with Gasteiger partial charge in [0.05, 0.1) is 30.5 Å². The van der Waals surface area contributed by atoms with E-state index in [1.807, 2.05) is 29.2 Å². The predicted molar refractivity (Wildman–Crippen MR) is 108 cm³/mol. The van der Waals surface area contributed by atoms with Gasteiger partial charge in [-0.25, -0.2) is 0 Å². The van der Waals surface area contributed by atoms with E-state index in [9.17, 15) is 4.79 Å². The van der Waals surface area contributed by atoms with Crippen molar-refractivity contribution in [2.75, 3.05) is 19.4 Å². The molecular formula is C22H24N2O2S. The number of likely N-dealkylation sites (tertiary alicyclic amines) is 1. The number of nitrogens with zero attached hydrogens (tertiary/aromatic N) is 2. The maximum atomic E-state index is 13.0. The van der Waals surface area contributed by atoms with Crippen LogP contribution in [-0.2, 0) is 4.79 Å². The maximum absolute atomic E-state index is 13.0. The van der Waals surface area contributed by atoms with Gasteiger partial charge < -0.3 is 9.64 Å². The summed E-state index contributed by atoms with van der Waals surface area (Å²) < 4.78 is 5.26. The van der Waals surface area contributed by atoms with Crippen molar-refractivity contribution >= 4 is 17.7 Å². The Hall–Kier alpha value is -2.45. The fraction of sp³-hybridized carbons (Fsp3) is 0.364. The van der Waals surface area contributed by atoms with Gasteiger partial charge in [0.15, 0.2) is 0 Å². The second-order valence-corrected chi connectivity index (χ2v) is 7.70. The Bertz CT molecular complexity index is 797. The van der Waals surface area contributed by atoms with E-state index in [2.05, 4.69) is 18.2 Å². The molecule has 4 nitrogen and oxygen atoms in total. The molecule has 1 aliphatic rings. The average Bonchev–Trinajstić information content (AvgIpc) is 2.98. The zero-order chi connectivity index (χ0) is 19.1. The summed E-state index contributed by atoms with van der Waals surface area (Å²) in [5.41, 5.74) is 1.81. The first-order chi connectivity index (χ1) is 13.2. The molecule has 0 saturated carbocycles. The molecule has 1 atom stereocenters. The van der Waals surface area contributed by atoms with Crippen molar-refractivity contribution in [2.24, 2.45) is 0 Å². The number of amides is 1. The van der Waals surface area contributed by atoms with Crippen LogP contribution < -0.4 is 4.74 Å². The van der Waals surface area contributed by atoms with Crippen LogP contribution in [-0.4, -0.2) is 30.2 Å². The highest BCUT2D eigenvalue weighted by Gasteiger charge is 2.26. The first-order valence-corrected chi connectivity index (χ1v) is 10.3. The van der Waals surface area contributed by atoms with E-state index in [-0.39, 0.29) is 11.9 Å². The molecule has 1 unspecified atom stereocenters. The van der Waals surface area contributed by atoms with Crippen LogP contribution in [0, 0.1) is 11.3 Å². The van der Waals surface area contributed by atoms with E-state index in [1.54, 1.807) is 19.2 Å². The number of hydrogen-bond donors (Lipinski definition) is 0. The fourth-order valence-electron chi connectivity index (χ4n) is 3.43. The molecule has 27 heavy (non-hydrogen) atoms. The van der Waals surface area contributed by atoms with E-state index >= 15 is 0 Å². The van der Waals surface area contributed by atoms with Crippen LogP contribution in [0.3, 0.4) is 0 Å². The monoisotopic (exact) mass is 380 g/mol. The first-order valence-electron chi connectivity index (χ1n) is 9.27. The molecule has 2 aromatic carbocycles. The van der Waals surface area contributed by atoms with E-state index in [4.69, 9.17) is 10.00 Å². The van der Waals surface area contributed by atoms with Crippen molar-refractivity contribution in [3.63, 3.8) is 0 Å². The number of hydrogen-bond acceptors (Lipinski definition) is 4. The Labute approximate surface area is 165 Å². The van der Waals surface area contributed by atoms with Gasteiger partial charge >= 0.3 is 0 Å². The van der Waals surface area contributed by atoms with Gasteiger partial charge in [0.25, 0.3) is 0 Å². The molecular weight excluding hydrogens is 356 g/mol. The number of benzene rings is 2. The molecule has 1 amide bonds. The van der Waals surface area contributed by atoms with Crippen molar-refractivity contribution in [1.29, 1.82) is 5.26 Å². The van der Waals surface area contributed by atoms with E-state index in [0.717, 1.165) is 36.5 Å². The minimum absolute atomic E-state index is 0.132. The summed E-state index contributed by atoms with van der Waals surface area (Å²) in [5, 5.41) is 8.89. The Morgan fingerprint density at radius 1 is 1.15 bits per heavy atom. The van der Waals surface area contributed by atoms with Crippen molar-refractivity contribution < 1.29 is 9.53 Å². The summed E-state index contributed by atoms with van der Waals surface area (Å²) in [4.78, 5) is 16.0. The van der Waals surface area contributed by atoms with Crippen molar-refractivity contribution in [3.8, 4) is 11.8 Å². The number of thioether (sulfide) groups is 1. The predicted octanol–water partition coefficient (Wildman–Crippen LogP) is 4.80. The van der Waals surface area contributed by atoms with Gasteiger partial charge in [-0.1, -0.05) is 25.0 Å². The summed E-state index contributed by atoms with van der Waals surface area (Å²) in [5.74, 6) is 1.42. The smallest absolute Gasteiger partial charge is 0.233 e. The zero-order valence-corrected chi connectivity index (χ0v) is 16.4. The van der Waals surface area contributed by atoms with Crippen LogP contribution in [0.4, 0.5) is 0 Å². The molecule has 140 valence electrons. The topological polar surface area (TPSA) is 53.3 Å². The third-order valence-corrected chi connectivity index (χ3v) is 5.92. The molecule has 0 aliphatic carbocycles. The second-order valence-electron chi connectivity index (χ2n) is 6.65. The van der Waals surface area contributed by atoms with Gasteiger partial charge in [0.2, 0.25) is 5.91 Å². The Balaban J connectivity index is 1.69. The van der Waals surface area contributed by atoms with Crippen molar-refractivity contribution in [1.82, 2.24) is 4.90 Å². The van der Waals surface area contributed by atoms with E-state index in [0.29, 0.717) is 11.3 Å². The van der Waals surface area contributed by atoms with Crippen LogP contribution in [0.5, 0.6) is 5.75 Å². The Morgan fingerprint density at radius 2 is 1.89 bits per heavy atom. The third kappa shape index (κ3) is 5.05. The second kappa shape index (κ2) is 9.48. The summed E-state index contributed by atoms with van der Waals surface area (Å²) in [6.45, 7) is 0.809. The number of methoxy groups -OCH3 is 1. The first kappa shape index (κ1) is 19.3. The average molecular weight is 381 g/mol. The van der Waals surface area contributed by atoms with Crippen LogP contribution in [0.25, 0.3) is 0 Å². The lowest BCUT2D eigenvalue weighted by molar-refractivity contribution is -0.130. The molecule has 3 rings (SSSR count). The molecule has 1 aliphatic heterocycles. The highest BCUT2D eigenvalue weighted by molar-refractivity contribution is 8.00. The van der Waals surface area contributed by atoms with Gasteiger partial charge in [0, 0.05) is 11.4 Å². The Morgan fingerprint density at radius 3 is 2.56 bits per heavy atom. The van der Waals surface area contributed by atoms with Gasteiger partial charge in [0.1, 0.15) is 5.75 Å². The molecule has 2 aromatic rings. The Kier molecular flexibility index (Phi) is 6.78. The molecule has 0 bridgehead atoms. The maximum Gasteiger partial charge on any atom is 0.233 e. The van der Waals surface area contributed by atoms with Crippen LogP contribution >= 0.6 is 11.8 Å². The molecule has 1 fully saturated rings. The highest BCUT2D eigenvalue weighted by atomic mass is 32.2. The summed E-state index contributed by atoms with van der Waals surface area (Å²) >= 11 is 1.53. The normalized spacial score (nSPS) is 17.0. The van der Waals surface area contributed by atoms with E-state index in [1.165, 1.54) is 23.7 Å². The van der Waals surface area contributed by atoms with Crippen LogP contribution in [0.15, 0.2) is 53.4 Å². The lowest BCUT2D eigenvalue weighted by Gasteiger charge is -2.30. The largest absolute Gasteiger partial charge is 0.497 e. The number of carbonyl (C=O) groups is 1. The summed E-state index contributed by atoms with van der Waals surface area (Å²) in [6, 6.07) is 17.7. The number of ether oxygens (including phenoxy) is 1. The standard InChI is InChI=1S/C22H24N2O2S/c1-26-19-10-8-18(9-11-19)21-5-3-2-4-14-24(21)22(25)16-27-20-12-6-17(15-23)7-13-20/h6-13,21H,2-5,14,16H2,1H3. The molecule has 0 aromatic heterocycles. The van der Waals surface area contributed by atoms with Gasteiger partial charge in [-0.3, -0.25) is 4.79 Å². The minimum Gasteiger partial charge on any atom is -0.497 e. The zero-order valence-electron chi connectivity index (χ0n) is 15.6. The highest BCUT2D eigenvalue weighted by Crippen LogP contribution is 2.32. The lowest BCUT2D eigenvalue weighted by atomic mass is 10.0. The number of rotatable bonds is 5. The fourth-order valence-corrected chi connectivity index (χ4v) is 4.22. The SMILES string of the molecule is COc1ccc(C2CCCCCN2C(=O)CSc2ccc(C#N)cc2)cc1. The van der Waals surface area contributed by atoms with E-state index < -0.39 is 0 Å². The molecule has 5 heteroatoms. The quantitative estimate of drug-likeness (QED) is 0.699. The summed E-state index contributed by atoms with van der Waals surface area (Å²) in [7, 11) is 1.66. The molecule has 0 N–H and O–H groups in total. The minimum atomic E-state index is 0.132. The van der Waals surface area contributed by atoms with Gasteiger partial charge in [-0.05, 0) is 54.8 Å². The lowest BCUT2D eigenvalue weighted by Crippen LogP contribution is -2.36. The molecule has 0 spiro atoms. The van der Waals surface area contributed by atoms with Crippen LogP contribution in [0.1, 0.15) is 42.9 Å². The van der Waals surface area contributed by atoms with Crippen molar-refractivity contribution in [3.05, 3.63) is 59.7 Å².